The number of halogens is 1. The van der Waals surface area contributed by atoms with E-state index < -0.39 is 0 Å². The molecule has 0 bridgehead atoms. The van der Waals surface area contributed by atoms with Gasteiger partial charge in [-0.2, -0.15) is 0 Å². The molecule has 24 heavy (non-hydrogen) atoms. The van der Waals surface area contributed by atoms with Crippen LogP contribution in [0.15, 0.2) is 42.6 Å². The van der Waals surface area contributed by atoms with Gasteiger partial charge in [-0.3, -0.25) is 14.6 Å². The topological polar surface area (TPSA) is 62.3 Å². The molecule has 2 amide bonds. The highest BCUT2D eigenvalue weighted by molar-refractivity contribution is 5.94. The van der Waals surface area contributed by atoms with Crippen LogP contribution in [0.25, 0.3) is 0 Å². The number of rotatable bonds is 4. The van der Waals surface area contributed by atoms with Crippen LogP contribution in [0.5, 0.6) is 0 Å². The quantitative estimate of drug-likeness (QED) is 0.935. The molecule has 1 aliphatic heterocycles. The van der Waals surface area contributed by atoms with Gasteiger partial charge in [-0.15, -0.1) is 0 Å². The third-order valence-electron chi connectivity index (χ3n) is 4.01. The van der Waals surface area contributed by atoms with Crippen molar-refractivity contribution in [2.45, 2.75) is 25.9 Å². The predicted molar refractivity (Wildman–Crippen MR) is 86.7 cm³/mol. The number of carbonyl (C=O) groups excluding carboxylic acids is 2. The number of hydrogen-bond donors (Lipinski definition) is 1. The Hall–Kier alpha value is -2.76. The van der Waals surface area contributed by atoms with Crippen LogP contribution in [-0.2, 0) is 11.3 Å². The van der Waals surface area contributed by atoms with Crippen LogP contribution in [0.3, 0.4) is 0 Å². The minimum atomic E-state index is -0.302. The molecule has 1 N–H and O–H groups in total. The Morgan fingerprint density at radius 2 is 2.04 bits per heavy atom. The van der Waals surface area contributed by atoms with Crippen LogP contribution in [-0.4, -0.2) is 34.3 Å². The molecule has 2 aromatic rings. The van der Waals surface area contributed by atoms with Gasteiger partial charge in [-0.05, 0) is 36.8 Å². The fraction of sp³-hybridized carbons (Fsp3) is 0.278. The molecule has 3 rings (SSSR count). The molecule has 1 saturated heterocycles. The fourth-order valence-corrected chi connectivity index (χ4v) is 2.70. The molecule has 2 heterocycles. The van der Waals surface area contributed by atoms with Gasteiger partial charge in [0.1, 0.15) is 5.82 Å². The number of benzene rings is 1. The third kappa shape index (κ3) is 3.76. The molecular weight excluding hydrogens is 309 g/mol. The first kappa shape index (κ1) is 16.1. The summed E-state index contributed by atoms with van der Waals surface area (Å²) >= 11 is 0. The van der Waals surface area contributed by atoms with E-state index in [0.29, 0.717) is 18.7 Å². The van der Waals surface area contributed by atoms with Crippen LogP contribution in [0.2, 0.25) is 0 Å². The van der Waals surface area contributed by atoms with Crippen molar-refractivity contribution in [2.24, 2.45) is 0 Å². The van der Waals surface area contributed by atoms with Crippen molar-refractivity contribution in [2.75, 3.05) is 6.54 Å². The second kappa shape index (κ2) is 6.78. The zero-order valence-electron chi connectivity index (χ0n) is 13.3. The van der Waals surface area contributed by atoms with E-state index in [-0.39, 0.29) is 30.1 Å². The molecule has 6 heteroatoms. The summed E-state index contributed by atoms with van der Waals surface area (Å²) < 4.78 is 12.9. The van der Waals surface area contributed by atoms with Gasteiger partial charge >= 0.3 is 0 Å². The van der Waals surface area contributed by atoms with Gasteiger partial charge in [-0.25, -0.2) is 4.39 Å². The first-order valence-corrected chi connectivity index (χ1v) is 7.77. The van der Waals surface area contributed by atoms with Crippen molar-refractivity contribution in [1.29, 1.82) is 0 Å². The minimum Gasteiger partial charge on any atom is -0.347 e. The summed E-state index contributed by atoms with van der Waals surface area (Å²) in [7, 11) is 0. The monoisotopic (exact) mass is 327 g/mol. The molecule has 0 aliphatic carbocycles. The highest BCUT2D eigenvalue weighted by Gasteiger charge is 2.30. The van der Waals surface area contributed by atoms with Crippen molar-refractivity contribution in [3.05, 3.63) is 65.2 Å². The van der Waals surface area contributed by atoms with Crippen LogP contribution >= 0.6 is 0 Å². The van der Waals surface area contributed by atoms with Crippen LogP contribution in [0.1, 0.15) is 28.0 Å². The molecule has 1 aromatic heterocycles. The number of amides is 2. The standard InChI is InChI=1S/C18H18FN3O2/c1-12-2-5-14(9-20-12)18(24)21-16-8-17(23)22(11-16)10-13-3-6-15(19)7-4-13/h2-7,9,16H,8,10-11H2,1H3,(H,21,24)/t16-/m1/s1. The second-order valence-corrected chi connectivity index (χ2v) is 5.96. The molecule has 1 aromatic carbocycles. The first-order chi connectivity index (χ1) is 11.5. The lowest BCUT2D eigenvalue weighted by Crippen LogP contribution is -2.37. The summed E-state index contributed by atoms with van der Waals surface area (Å²) in [6, 6.07) is 9.32. The lowest BCUT2D eigenvalue weighted by atomic mass is 10.2. The van der Waals surface area contributed by atoms with E-state index in [0.717, 1.165) is 11.3 Å². The van der Waals surface area contributed by atoms with Gasteiger partial charge in [-0.1, -0.05) is 12.1 Å². The Balaban J connectivity index is 1.59. The van der Waals surface area contributed by atoms with Gasteiger partial charge in [0.2, 0.25) is 5.91 Å². The summed E-state index contributed by atoms with van der Waals surface area (Å²) in [4.78, 5) is 30.1. The maximum atomic E-state index is 12.9. The van der Waals surface area contributed by atoms with Crippen molar-refractivity contribution in [1.82, 2.24) is 15.2 Å². The number of hydrogen-bond acceptors (Lipinski definition) is 3. The number of nitrogens with one attached hydrogen (secondary N) is 1. The maximum Gasteiger partial charge on any atom is 0.253 e. The largest absolute Gasteiger partial charge is 0.347 e. The van der Waals surface area contributed by atoms with Crippen molar-refractivity contribution in [3.8, 4) is 0 Å². The highest BCUT2D eigenvalue weighted by Crippen LogP contribution is 2.16. The highest BCUT2D eigenvalue weighted by atomic mass is 19.1. The lowest BCUT2D eigenvalue weighted by Gasteiger charge is -2.17. The molecule has 124 valence electrons. The molecule has 0 spiro atoms. The summed E-state index contributed by atoms with van der Waals surface area (Å²) in [6.07, 6.45) is 1.80. The van der Waals surface area contributed by atoms with Crippen LogP contribution < -0.4 is 5.32 Å². The number of aromatic nitrogens is 1. The van der Waals surface area contributed by atoms with Crippen molar-refractivity contribution < 1.29 is 14.0 Å². The molecule has 1 fully saturated rings. The van der Waals surface area contributed by atoms with Crippen molar-refractivity contribution >= 4 is 11.8 Å². The summed E-state index contributed by atoms with van der Waals surface area (Å²) in [5.74, 6) is -0.557. The number of nitrogens with zero attached hydrogens (tertiary/aromatic N) is 2. The molecule has 0 saturated carbocycles. The van der Waals surface area contributed by atoms with E-state index in [4.69, 9.17) is 0 Å². The summed E-state index contributed by atoms with van der Waals surface area (Å²) in [5.41, 5.74) is 2.18. The van der Waals surface area contributed by atoms with E-state index in [1.165, 1.54) is 18.3 Å². The number of pyridine rings is 1. The van der Waals surface area contributed by atoms with E-state index in [9.17, 15) is 14.0 Å². The average Bonchev–Trinajstić information content (AvgIpc) is 2.89. The van der Waals surface area contributed by atoms with Crippen LogP contribution in [0.4, 0.5) is 4.39 Å². The van der Waals surface area contributed by atoms with Gasteiger partial charge in [0.05, 0.1) is 11.6 Å². The van der Waals surface area contributed by atoms with E-state index >= 15 is 0 Å². The zero-order valence-corrected chi connectivity index (χ0v) is 13.3. The lowest BCUT2D eigenvalue weighted by molar-refractivity contribution is -0.128. The molecule has 1 aliphatic rings. The van der Waals surface area contributed by atoms with Crippen LogP contribution in [0, 0.1) is 12.7 Å². The van der Waals surface area contributed by atoms with Gasteiger partial charge in [0.15, 0.2) is 0 Å². The Labute approximate surface area is 139 Å². The number of carbonyl (C=O) groups is 2. The van der Waals surface area contributed by atoms with E-state index in [2.05, 4.69) is 10.3 Å². The average molecular weight is 327 g/mol. The molecule has 5 nitrogen and oxygen atoms in total. The maximum absolute atomic E-state index is 12.9. The normalized spacial score (nSPS) is 17.2. The van der Waals surface area contributed by atoms with Gasteiger partial charge < -0.3 is 10.2 Å². The Morgan fingerprint density at radius 3 is 2.71 bits per heavy atom. The summed E-state index contributed by atoms with van der Waals surface area (Å²) in [6.45, 7) is 2.71. The predicted octanol–water partition coefficient (Wildman–Crippen LogP) is 2.06. The van der Waals surface area contributed by atoms with E-state index in [1.54, 1.807) is 29.2 Å². The van der Waals surface area contributed by atoms with E-state index in [1.807, 2.05) is 6.92 Å². The number of likely N-dealkylation sites (tertiary alicyclic amines) is 1. The third-order valence-corrected chi connectivity index (χ3v) is 4.01. The fourth-order valence-electron chi connectivity index (χ4n) is 2.70. The number of aryl methyl sites for hydroxylation is 1. The first-order valence-electron chi connectivity index (χ1n) is 7.77. The minimum absolute atomic E-state index is 0.0216. The molecule has 1 atom stereocenters. The SMILES string of the molecule is Cc1ccc(C(=O)N[C@@H]2CC(=O)N(Cc3ccc(F)cc3)C2)cn1. The Bertz CT molecular complexity index is 744. The Kier molecular flexibility index (Phi) is 4.55. The smallest absolute Gasteiger partial charge is 0.253 e. The molecule has 0 unspecified atom stereocenters. The van der Waals surface area contributed by atoms with Gasteiger partial charge in [0.25, 0.3) is 5.91 Å². The summed E-state index contributed by atoms with van der Waals surface area (Å²) in [5, 5.41) is 2.87. The zero-order chi connectivity index (χ0) is 17.1. The second-order valence-electron chi connectivity index (χ2n) is 5.96. The Morgan fingerprint density at radius 1 is 1.29 bits per heavy atom. The van der Waals surface area contributed by atoms with Gasteiger partial charge in [0, 0.05) is 31.4 Å². The van der Waals surface area contributed by atoms with Crippen molar-refractivity contribution in [3.63, 3.8) is 0 Å². The molecular formula is C18H18FN3O2. The molecule has 0 radical (unpaired) electrons.